The molecular weight excluding hydrogens is 1570 g/mol. The Kier molecular flexibility index (Phi) is 26.0. The maximum Gasteiger partial charge on any atom is 0.357 e. The number of amides is 11. The number of pyridine rings is 1. The number of allylic oxidation sites excluding steroid dienone is 1. The first-order valence-electron chi connectivity index (χ1n) is 34.8. The molecule has 1 aliphatic carbocycles. The standard InChI is InChI=1S/C71H81N19O18S5/c1-14-37-64-83-44(22-109-64)61(103)89-52(70(13,107)34(12)93)67-85-43(23-112-67)59(101)88-48-33(11)108-68(106)40-19-36(31(9)91)35-15-16-38(50(94)49(35)79-40)78-46(25(2)3)62(104)77-29(7)56(98)74-27(5)55(97)75-30(8)57(99)90-71(69-86-45(24-113-69)60(102)87-47(32(10)92)63(105)81-37)18-17-39(80-51(71)41-20-111-66(48)82-41)65-84-42(21-110-65)58(100)76-28(6)54(96)73-26(4)53(72)95/h14-16,19-21,23-25,30-34,38,44,46-48,50-52,78,91-94,107H,4-7,17-18,22H2,1-3,8-13H3,(H2,72,95)(H,73,96)(H,74,98)(H,75,97)(H,76,100)(H,77,104)(H,81,105)(H,87,102)(H,88,101)(H,89,103)(H,90,99)/t30-,31-,32+,33+,34+,38+,44+,46-,47?,48-,50-,51+,52+,70+,71+/m0/s1. The summed E-state index contributed by atoms with van der Waals surface area (Å²) in [4.78, 5) is 203. The van der Waals surface area contributed by atoms with Gasteiger partial charge in [-0.25, -0.2) is 29.7 Å². The van der Waals surface area contributed by atoms with Crippen molar-refractivity contribution in [3.63, 3.8) is 0 Å². The minimum absolute atomic E-state index is 0.0184. The van der Waals surface area contributed by atoms with Gasteiger partial charge in [0.15, 0.2) is 0 Å². The van der Waals surface area contributed by atoms with E-state index in [0.29, 0.717) is 0 Å². The predicted octanol–water partition coefficient (Wildman–Crippen LogP) is 0.509. The van der Waals surface area contributed by atoms with Gasteiger partial charge in [0, 0.05) is 32.8 Å². The molecule has 598 valence electrons. The molecule has 5 aliphatic rings. The van der Waals surface area contributed by atoms with Crippen LogP contribution < -0.4 is 64.2 Å². The van der Waals surface area contributed by atoms with Crippen molar-refractivity contribution in [2.24, 2.45) is 21.6 Å². The molecule has 18 N–H and O–H groups in total. The minimum Gasteiger partial charge on any atom is -0.455 e. The van der Waals surface area contributed by atoms with E-state index in [9.17, 15) is 68.7 Å². The number of thioether (sulfide) groups is 1. The number of hydrogen-bond donors (Lipinski definition) is 17. The fourth-order valence-corrected chi connectivity index (χ4v) is 16.9. The molecular formula is C71H81N19O18S5. The Morgan fingerprint density at radius 3 is 2.09 bits per heavy atom. The Hall–Kier alpha value is -10.8. The van der Waals surface area contributed by atoms with Crippen LogP contribution in [-0.2, 0) is 48.6 Å². The molecule has 4 aliphatic heterocycles. The minimum atomic E-state index is -2.21. The number of aliphatic hydroxyl groups is 5. The van der Waals surface area contributed by atoms with Crippen LogP contribution in [0.2, 0.25) is 0 Å². The molecule has 0 radical (unpaired) electrons. The van der Waals surface area contributed by atoms with Gasteiger partial charge < -0.3 is 89.2 Å². The van der Waals surface area contributed by atoms with Gasteiger partial charge in [0.25, 0.3) is 41.4 Å². The summed E-state index contributed by atoms with van der Waals surface area (Å²) in [6.07, 6.45) is -3.71. The number of nitrogens with zero attached hydrogens (tertiary/aromatic N) is 7. The van der Waals surface area contributed by atoms with E-state index < -0.39 is 201 Å². The number of esters is 1. The summed E-state index contributed by atoms with van der Waals surface area (Å²) in [7, 11) is 0. The number of aliphatic hydroxyl groups excluding tert-OH is 4. The van der Waals surface area contributed by atoms with Gasteiger partial charge in [0.05, 0.1) is 76.0 Å². The summed E-state index contributed by atoms with van der Waals surface area (Å²) in [6, 6.07) is -10.4. The molecule has 0 fully saturated rings. The van der Waals surface area contributed by atoms with Crippen LogP contribution >= 0.6 is 57.1 Å². The molecule has 13 bridgehead atoms. The highest BCUT2D eigenvalue weighted by atomic mass is 32.2. The zero-order valence-electron chi connectivity index (χ0n) is 61.9. The van der Waals surface area contributed by atoms with Crippen LogP contribution in [0.4, 0.5) is 0 Å². The number of primary amides is 1. The monoisotopic (exact) mass is 1650 g/mol. The smallest absolute Gasteiger partial charge is 0.357 e. The maximum absolute atomic E-state index is 15.4. The van der Waals surface area contributed by atoms with Crippen molar-refractivity contribution >= 4 is 145 Å². The Labute approximate surface area is 664 Å². The summed E-state index contributed by atoms with van der Waals surface area (Å²) in [5.41, 5.74) is -2.56. The number of nitrogens with one attached hydrogen (secondary N) is 11. The van der Waals surface area contributed by atoms with E-state index in [1.807, 2.05) is 0 Å². The third kappa shape index (κ3) is 18.5. The number of carbonyl (C=O) groups is 12. The van der Waals surface area contributed by atoms with Crippen LogP contribution in [0.15, 0.2) is 105 Å². The van der Waals surface area contributed by atoms with Crippen molar-refractivity contribution in [3.05, 3.63) is 160 Å². The Bertz CT molecular complexity index is 4920. The third-order valence-electron chi connectivity index (χ3n) is 18.7. The highest BCUT2D eigenvalue weighted by Crippen LogP contribution is 2.48. The summed E-state index contributed by atoms with van der Waals surface area (Å²) in [5, 5.41) is 91.5. The van der Waals surface area contributed by atoms with Crippen LogP contribution in [-0.4, -0.2) is 192 Å². The first kappa shape index (κ1) is 84.6. The Balaban J connectivity index is 1.18. The van der Waals surface area contributed by atoms with Crippen LogP contribution in [0.5, 0.6) is 0 Å². The average Bonchev–Trinajstić information content (AvgIpc) is 1.66. The molecule has 15 atom stereocenters. The van der Waals surface area contributed by atoms with Gasteiger partial charge in [-0.3, -0.25) is 68.0 Å². The lowest BCUT2D eigenvalue weighted by molar-refractivity contribution is -0.129. The van der Waals surface area contributed by atoms with E-state index >= 15 is 14.4 Å². The van der Waals surface area contributed by atoms with E-state index in [-0.39, 0.29) is 89.0 Å². The number of rotatable bonds is 11. The molecule has 9 heterocycles. The first-order valence-corrected chi connectivity index (χ1v) is 39.3. The average molecular weight is 1650 g/mol. The van der Waals surface area contributed by atoms with Gasteiger partial charge in [-0.05, 0) is 78.9 Å². The van der Waals surface area contributed by atoms with Crippen LogP contribution in [0.3, 0.4) is 0 Å². The number of nitrogens with two attached hydrogens (primary N) is 1. The zero-order chi connectivity index (χ0) is 82.7. The number of carbonyl (C=O) groups excluding carboxylic acids is 12. The molecule has 0 saturated carbocycles. The predicted molar refractivity (Wildman–Crippen MR) is 413 cm³/mol. The van der Waals surface area contributed by atoms with Crippen molar-refractivity contribution in [2.75, 3.05) is 5.75 Å². The number of cyclic esters (lactones) is 1. The normalized spacial score (nSPS) is 26.1. The van der Waals surface area contributed by atoms with Gasteiger partial charge in [-0.1, -0.05) is 58.4 Å². The number of thiazole rings is 4. The maximum atomic E-state index is 15.4. The lowest BCUT2D eigenvalue weighted by Crippen LogP contribution is -2.57. The molecule has 113 heavy (non-hydrogen) atoms. The molecule has 10 rings (SSSR count). The summed E-state index contributed by atoms with van der Waals surface area (Å²) in [5.74, 6) is -12.7. The van der Waals surface area contributed by atoms with Crippen molar-refractivity contribution in [3.8, 4) is 0 Å². The lowest BCUT2D eigenvalue weighted by Gasteiger charge is -2.41. The zero-order valence-corrected chi connectivity index (χ0v) is 66.0. The van der Waals surface area contributed by atoms with E-state index in [1.165, 1.54) is 87.4 Å². The number of aliphatic imine (C=N–C) groups is 2. The van der Waals surface area contributed by atoms with Crippen molar-refractivity contribution in [2.45, 2.75) is 165 Å². The highest BCUT2D eigenvalue weighted by Gasteiger charge is 2.51. The molecule has 5 aromatic heterocycles. The topological polar surface area (TPSA) is 563 Å². The molecule has 1 unspecified atom stereocenters. The lowest BCUT2D eigenvalue weighted by atomic mass is 9.80. The summed E-state index contributed by atoms with van der Waals surface area (Å²) in [6.45, 7) is 26.9. The number of hydrogen-bond acceptors (Lipinski definition) is 31. The Morgan fingerprint density at radius 1 is 0.743 bits per heavy atom. The van der Waals surface area contributed by atoms with Crippen molar-refractivity contribution in [1.82, 2.24) is 83.4 Å². The molecule has 0 saturated heterocycles. The quantitative estimate of drug-likeness (QED) is 0.0633. The molecule has 5 aromatic rings. The van der Waals surface area contributed by atoms with Crippen LogP contribution in [0.25, 0.3) is 6.08 Å². The van der Waals surface area contributed by atoms with E-state index in [2.05, 4.69) is 105 Å². The molecule has 0 spiro atoms. The number of ether oxygens (including phenoxy) is 1. The van der Waals surface area contributed by atoms with Gasteiger partial charge in [0.1, 0.15) is 107 Å². The van der Waals surface area contributed by atoms with Crippen molar-refractivity contribution in [1.29, 1.82) is 0 Å². The molecule has 0 aromatic carbocycles. The highest BCUT2D eigenvalue weighted by molar-refractivity contribution is 8.14. The molecule has 42 heteroatoms. The van der Waals surface area contributed by atoms with Gasteiger partial charge >= 0.3 is 5.97 Å². The van der Waals surface area contributed by atoms with Crippen LogP contribution in [0, 0.1) is 5.92 Å². The Morgan fingerprint density at radius 2 is 1.42 bits per heavy atom. The van der Waals surface area contributed by atoms with Crippen molar-refractivity contribution < 1.29 is 87.8 Å². The second kappa shape index (κ2) is 34.7. The first-order chi connectivity index (χ1) is 53.2. The fourth-order valence-electron chi connectivity index (χ4n) is 12.0. The van der Waals surface area contributed by atoms with Gasteiger partial charge in [-0.15, -0.1) is 57.1 Å². The third-order valence-corrected chi connectivity index (χ3v) is 23.6. The number of aromatic nitrogens is 5. The molecule has 37 nitrogen and oxygen atoms in total. The SMILES string of the molecule is C=C(NC(=O)C(=C)NC(=O)c1csc(C2=N[C@@H]3c4csc(n4)[C@H]4NC(=O)c5csc(n5)[C@H]([C@](C)(O)[C@@H](C)O)NC(=O)[C@H]5CSC(=N5)C(=CC)NC(=O)C([C@@H](C)O)NC(=O)c5csc(n5)[C@]3(CC2)NC(=O)[C@H](C)NC(=O)C(=C)NC(=O)C(=C)NC(=O)[C@H](C(C)C)N[C@@H]2C=Cc3c([C@H](C)O)cc(nc3[C@H]2O)C(=O)O[C@@H]4C)n1)C(N)=O. The summed E-state index contributed by atoms with van der Waals surface area (Å²) >= 11 is 4.39. The number of fused-ring (bicyclic) bond motifs is 7. The largest absolute Gasteiger partial charge is 0.455 e. The van der Waals surface area contributed by atoms with E-state index in [1.54, 1.807) is 20.8 Å². The van der Waals surface area contributed by atoms with E-state index in [4.69, 9.17) is 25.4 Å². The second-order valence-electron chi connectivity index (χ2n) is 27.4. The van der Waals surface area contributed by atoms with E-state index in [0.717, 1.165) is 57.1 Å². The van der Waals surface area contributed by atoms with Gasteiger partial charge in [0.2, 0.25) is 23.6 Å². The fraction of sp³-hybridized carbons (Fsp3) is 0.394. The van der Waals surface area contributed by atoms with Crippen LogP contribution in [0.1, 0.15) is 190 Å². The summed E-state index contributed by atoms with van der Waals surface area (Å²) < 4.78 is 6.24. The molecule has 11 amide bonds. The second-order valence-corrected chi connectivity index (χ2v) is 31.9. The van der Waals surface area contributed by atoms with Gasteiger partial charge in [-0.2, -0.15) is 0 Å².